The van der Waals surface area contributed by atoms with Crippen molar-refractivity contribution in [1.29, 1.82) is 0 Å². The van der Waals surface area contributed by atoms with Crippen molar-refractivity contribution in [2.45, 2.75) is 50.1 Å². The second kappa shape index (κ2) is 9.60. The van der Waals surface area contributed by atoms with Crippen LogP contribution in [-0.4, -0.2) is 73.2 Å². The van der Waals surface area contributed by atoms with E-state index in [4.69, 9.17) is 14.2 Å². The second-order valence-corrected chi connectivity index (χ2v) is 9.09. The smallest absolute Gasteiger partial charge is 0.410 e. The van der Waals surface area contributed by atoms with E-state index in [1.807, 2.05) is 7.05 Å². The third kappa shape index (κ3) is 5.67. The van der Waals surface area contributed by atoms with Crippen LogP contribution in [0, 0.1) is 11.8 Å². The molecule has 0 radical (unpaired) electrons. The molecule has 2 amide bonds. The molecule has 10 heteroatoms. The van der Waals surface area contributed by atoms with Crippen molar-refractivity contribution in [2.75, 3.05) is 33.4 Å². The molecular weight excluding hydrogens is 441 g/mol. The van der Waals surface area contributed by atoms with Crippen LogP contribution < -0.4 is 4.74 Å². The number of hydrogen-bond donors (Lipinski definition) is 0. The summed E-state index contributed by atoms with van der Waals surface area (Å²) < 4.78 is 55.7. The van der Waals surface area contributed by atoms with Crippen molar-refractivity contribution >= 4 is 12.0 Å². The van der Waals surface area contributed by atoms with Crippen molar-refractivity contribution in [2.24, 2.45) is 11.8 Å². The Hall–Kier alpha value is -2.17. The first-order chi connectivity index (χ1) is 15.7. The van der Waals surface area contributed by atoms with Crippen LogP contribution in [0.25, 0.3) is 0 Å². The van der Waals surface area contributed by atoms with E-state index in [0.29, 0.717) is 37.5 Å². The SMILES string of the molecule is CN1C[C@H](C(=O)N(CCC(F)(F)F)C(=O)Oc2ccccc2)C[C@@H]2CC3(CC[C@H]21)OCCO3. The summed E-state index contributed by atoms with van der Waals surface area (Å²) in [6.07, 6.45) is -4.17. The molecule has 4 rings (SSSR count). The number of nitrogens with zero attached hydrogens (tertiary/aromatic N) is 2. The Balaban J connectivity index is 1.48. The summed E-state index contributed by atoms with van der Waals surface area (Å²) in [4.78, 5) is 28.8. The average Bonchev–Trinajstić information content (AvgIpc) is 3.20. The number of fused-ring (bicyclic) bond motifs is 1. The molecule has 33 heavy (non-hydrogen) atoms. The van der Waals surface area contributed by atoms with Crippen LogP contribution in [-0.2, 0) is 14.3 Å². The molecule has 2 aliphatic heterocycles. The van der Waals surface area contributed by atoms with E-state index in [-0.39, 0.29) is 17.7 Å². The number of ether oxygens (including phenoxy) is 3. The molecule has 1 spiro atoms. The number of piperidine rings is 1. The number of para-hydroxylation sites is 1. The van der Waals surface area contributed by atoms with Gasteiger partial charge in [-0.3, -0.25) is 4.79 Å². The van der Waals surface area contributed by atoms with Crippen molar-refractivity contribution in [3.05, 3.63) is 30.3 Å². The normalized spacial score (nSPS) is 27.2. The van der Waals surface area contributed by atoms with Crippen LogP contribution >= 0.6 is 0 Å². The number of rotatable bonds is 4. The molecule has 1 saturated carbocycles. The average molecular weight is 470 g/mol. The van der Waals surface area contributed by atoms with E-state index in [0.717, 1.165) is 12.8 Å². The Morgan fingerprint density at radius 1 is 1.21 bits per heavy atom. The molecule has 182 valence electrons. The standard InChI is InChI=1S/C23H29F3N2O5/c1-27-15-17(13-16-14-22(8-7-19(16)27)31-11-12-32-22)20(29)28(10-9-23(24,25)26)21(30)33-18-5-3-2-4-6-18/h2-6,16-17,19H,7-15H2,1H3/t16-,17-,19-/m1/s1. The van der Waals surface area contributed by atoms with Gasteiger partial charge in [0.15, 0.2) is 5.79 Å². The summed E-state index contributed by atoms with van der Waals surface area (Å²) in [6, 6.07) is 8.23. The summed E-state index contributed by atoms with van der Waals surface area (Å²) >= 11 is 0. The van der Waals surface area contributed by atoms with Crippen molar-refractivity contribution < 1.29 is 37.0 Å². The number of imide groups is 1. The molecule has 0 aromatic heterocycles. The minimum atomic E-state index is -4.51. The Labute approximate surface area is 190 Å². The largest absolute Gasteiger partial charge is 0.421 e. The van der Waals surface area contributed by atoms with E-state index in [2.05, 4.69) is 4.90 Å². The summed E-state index contributed by atoms with van der Waals surface area (Å²) in [7, 11) is 1.91. The van der Waals surface area contributed by atoms with E-state index >= 15 is 0 Å². The molecule has 3 aliphatic rings. The first-order valence-electron chi connectivity index (χ1n) is 11.3. The van der Waals surface area contributed by atoms with Gasteiger partial charge in [-0.05, 0) is 37.9 Å². The predicted molar refractivity (Wildman–Crippen MR) is 111 cm³/mol. The molecule has 1 aromatic rings. The topological polar surface area (TPSA) is 68.3 Å². The number of amides is 2. The maximum Gasteiger partial charge on any atom is 0.421 e. The number of carbonyl (C=O) groups excluding carboxylic acids is 2. The van der Waals surface area contributed by atoms with Gasteiger partial charge < -0.3 is 19.1 Å². The molecule has 0 N–H and O–H groups in total. The highest BCUT2D eigenvalue weighted by atomic mass is 19.4. The van der Waals surface area contributed by atoms with Crippen LogP contribution in [0.2, 0.25) is 0 Å². The van der Waals surface area contributed by atoms with E-state index in [1.165, 1.54) is 12.1 Å². The number of alkyl halides is 3. The molecular formula is C23H29F3N2O5. The van der Waals surface area contributed by atoms with E-state index in [1.54, 1.807) is 18.2 Å². The molecule has 0 bridgehead atoms. The Morgan fingerprint density at radius 2 is 1.91 bits per heavy atom. The Kier molecular flexibility index (Phi) is 6.97. The minimum Gasteiger partial charge on any atom is -0.410 e. The summed E-state index contributed by atoms with van der Waals surface area (Å²) in [6.45, 7) is 0.659. The zero-order valence-corrected chi connectivity index (χ0v) is 18.6. The fraction of sp³-hybridized carbons (Fsp3) is 0.652. The summed E-state index contributed by atoms with van der Waals surface area (Å²) in [5.41, 5.74) is 0. The molecule has 0 unspecified atom stereocenters. The number of halogens is 3. The molecule has 1 aromatic carbocycles. The molecule has 1 aliphatic carbocycles. The predicted octanol–water partition coefficient (Wildman–Crippen LogP) is 3.83. The van der Waals surface area contributed by atoms with Gasteiger partial charge in [-0.25, -0.2) is 9.69 Å². The van der Waals surface area contributed by atoms with Gasteiger partial charge in [-0.1, -0.05) is 18.2 Å². The van der Waals surface area contributed by atoms with Crippen LogP contribution in [0.1, 0.15) is 32.1 Å². The van der Waals surface area contributed by atoms with Crippen molar-refractivity contribution in [3.8, 4) is 5.75 Å². The molecule has 3 fully saturated rings. The van der Waals surface area contributed by atoms with Gasteiger partial charge in [0.2, 0.25) is 5.91 Å². The Morgan fingerprint density at radius 3 is 2.58 bits per heavy atom. The number of likely N-dealkylation sites (tertiary alicyclic amines) is 1. The van der Waals surface area contributed by atoms with Gasteiger partial charge in [0, 0.05) is 32.0 Å². The van der Waals surface area contributed by atoms with Crippen molar-refractivity contribution in [3.63, 3.8) is 0 Å². The third-order valence-electron chi connectivity index (χ3n) is 6.82. The lowest BCUT2D eigenvalue weighted by molar-refractivity contribution is -0.202. The fourth-order valence-corrected chi connectivity index (χ4v) is 5.32. The van der Waals surface area contributed by atoms with Gasteiger partial charge in [-0.15, -0.1) is 0 Å². The number of carbonyl (C=O) groups is 2. The van der Waals surface area contributed by atoms with Crippen LogP contribution in [0.3, 0.4) is 0 Å². The maximum absolute atomic E-state index is 13.3. The van der Waals surface area contributed by atoms with Gasteiger partial charge >= 0.3 is 12.3 Å². The maximum atomic E-state index is 13.3. The first kappa shape index (κ1) is 24.0. The highest BCUT2D eigenvalue weighted by Crippen LogP contribution is 2.45. The minimum absolute atomic E-state index is 0.0826. The molecule has 2 heterocycles. The lowest BCUT2D eigenvalue weighted by Crippen LogP contribution is -2.56. The van der Waals surface area contributed by atoms with Crippen LogP contribution in [0.5, 0.6) is 5.75 Å². The quantitative estimate of drug-likeness (QED) is 0.667. The van der Waals surface area contributed by atoms with E-state index < -0.39 is 42.8 Å². The third-order valence-corrected chi connectivity index (χ3v) is 6.82. The highest BCUT2D eigenvalue weighted by Gasteiger charge is 2.50. The zero-order chi connectivity index (χ0) is 23.6. The van der Waals surface area contributed by atoms with Gasteiger partial charge in [-0.2, -0.15) is 13.2 Å². The summed E-state index contributed by atoms with van der Waals surface area (Å²) in [5.74, 6) is -1.64. The lowest BCUT2D eigenvalue weighted by atomic mass is 9.72. The number of benzene rings is 1. The lowest BCUT2D eigenvalue weighted by Gasteiger charge is -2.49. The molecule has 3 atom stereocenters. The number of hydrogen-bond acceptors (Lipinski definition) is 6. The van der Waals surface area contributed by atoms with Gasteiger partial charge in [0.1, 0.15) is 5.75 Å². The Bertz CT molecular complexity index is 844. The highest BCUT2D eigenvalue weighted by molar-refractivity contribution is 5.94. The summed E-state index contributed by atoms with van der Waals surface area (Å²) in [5, 5.41) is 0. The fourth-order valence-electron chi connectivity index (χ4n) is 5.32. The van der Waals surface area contributed by atoms with E-state index in [9.17, 15) is 22.8 Å². The first-order valence-corrected chi connectivity index (χ1v) is 11.3. The second-order valence-electron chi connectivity index (χ2n) is 9.09. The molecule has 2 saturated heterocycles. The molecule has 7 nitrogen and oxygen atoms in total. The van der Waals surface area contributed by atoms with Crippen molar-refractivity contribution in [1.82, 2.24) is 9.80 Å². The van der Waals surface area contributed by atoms with Crippen LogP contribution in [0.15, 0.2) is 30.3 Å². The monoisotopic (exact) mass is 470 g/mol. The van der Waals surface area contributed by atoms with Crippen LogP contribution in [0.4, 0.5) is 18.0 Å². The van der Waals surface area contributed by atoms with Gasteiger partial charge in [0.25, 0.3) is 0 Å². The van der Waals surface area contributed by atoms with Gasteiger partial charge in [0.05, 0.1) is 25.6 Å². The zero-order valence-electron chi connectivity index (χ0n) is 18.6.